The van der Waals surface area contributed by atoms with Gasteiger partial charge >= 0.3 is 0 Å². The van der Waals surface area contributed by atoms with Crippen LogP contribution in [0.2, 0.25) is 5.02 Å². The molecule has 1 N–H and O–H groups in total. The summed E-state index contributed by atoms with van der Waals surface area (Å²) in [6.07, 6.45) is 0. The average molecular weight is 420 g/mol. The predicted octanol–water partition coefficient (Wildman–Crippen LogP) is 5.12. The number of hydrogen-bond acceptors (Lipinski definition) is 6. The van der Waals surface area contributed by atoms with Gasteiger partial charge in [-0.3, -0.25) is 10.1 Å². The van der Waals surface area contributed by atoms with E-state index in [2.05, 4.69) is 40.6 Å². The molecule has 27 heavy (non-hydrogen) atoms. The highest BCUT2D eigenvalue weighted by molar-refractivity contribution is 8.00. The number of nitrogens with zero attached hydrogens (tertiary/aromatic N) is 2. The molecule has 8 heteroatoms. The molecule has 0 aliphatic carbocycles. The van der Waals surface area contributed by atoms with E-state index in [9.17, 15) is 4.79 Å². The highest BCUT2D eigenvalue weighted by Gasteiger charge is 2.10. The van der Waals surface area contributed by atoms with E-state index in [1.54, 1.807) is 30.0 Å². The molecule has 1 heterocycles. The van der Waals surface area contributed by atoms with Gasteiger partial charge in [-0.05, 0) is 43.2 Å². The van der Waals surface area contributed by atoms with Gasteiger partial charge in [-0.15, -0.1) is 10.2 Å². The zero-order chi connectivity index (χ0) is 19.2. The molecular formula is C19H18ClN3O2S2. The van der Waals surface area contributed by atoms with Crippen molar-refractivity contribution in [1.29, 1.82) is 0 Å². The number of nitrogens with one attached hydrogen (secondary N) is 1. The van der Waals surface area contributed by atoms with E-state index < -0.39 is 0 Å². The molecule has 140 valence electrons. The summed E-state index contributed by atoms with van der Waals surface area (Å²) in [4.78, 5) is 12.0. The van der Waals surface area contributed by atoms with Crippen LogP contribution in [0.3, 0.4) is 0 Å². The minimum Gasteiger partial charge on any atom is -0.484 e. The van der Waals surface area contributed by atoms with Gasteiger partial charge < -0.3 is 4.74 Å². The van der Waals surface area contributed by atoms with Crippen molar-refractivity contribution < 1.29 is 9.53 Å². The molecule has 3 rings (SSSR count). The average Bonchev–Trinajstić information content (AvgIpc) is 3.08. The third-order valence-corrected chi connectivity index (χ3v) is 6.06. The third kappa shape index (κ3) is 5.95. The second-order valence-electron chi connectivity index (χ2n) is 5.90. The molecule has 0 bridgehead atoms. The molecule has 0 saturated heterocycles. The molecule has 0 aliphatic rings. The largest absolute Gasteiger partial charge is 0.484 e. The van der Waals surface area contributed by atoms with Gasteiger partial charge in [0.15, 0.2) is 10.9 Å². The number of benzene rings is 2. The van der Waals surface area contributed by atoms with E-state index in [1.165, 1.54) is 22.5 Å². The Labute approximate surface area is 171 Å². The maximum atomic E-state index is 12.0. The fraction of sp³-hybridized carbons (Fsp3) is 0.211. The molecular weight excluding hydrogens is 402 g/mol. The number of amides is 1. The lowest BCUT2D eigenvalue weighted by molar-refractivity contribution is -0.118. The molecule has 1 amide bonds. The summed E-state index contributed by atoms with van der Waals surface area (Å²) in [6, 6.07) is 13.6. The number of anilines is 1. The fourth-order valence-electron chi connectivity index (χ4n) is 2.28. The van der Waals surface area contributed by atoms with Gasteiger partial charge in [0.2, 0.25) is 5.13 Å². The summed E-state index contributed by atoms with van der Waals surface area (Å²) < 4.78 is 6.29. The Morgan fingerprint density at radius 2 is 2.07 bits per heavy atom. The van der Waals surface area contributed by atoms with Crippen molar-refractivity contribution in [3.05, 3.63) is 64.2 Å². The molecule has 2 aromatic carbocycles. The van der Waals surface area contributed by atoms with Crippen molar-refractivity contribution in [2.45, 2.75) is 23.9 Å². The minimum atomic E-state index is -0.283. The molecule has 0 radical (unpaired) electrons. The van der Waals surface area contributed by atoms with Crippen LogP contribution in [0.25, 0.3) is 0 Å². The number of carbonyl (C=O) groups is 1. The molecule has 1 aromatic heterocycles. The zero-order valence-electron chi connectivity index (χ0n) is 14.9. The molecule has 0 atom stereocenters. The summed E-state index contributed by atoms with van der Waals surface area (Å²) >= 11 is 8.91. The highest BCUT2D eigenvalue weighted by atomic mass is 35.5. The summed E-state index contributed by atoms with van der Waals surface area (Å²) in [5.74, 6) is 1.12. The molecule has 0 unspecified atom stereocenters. The number of aryl methyl sites for hydroxylation is 2. The van der Waals surface area contributed by atoms with E-state index in [1.807, 2.05) is 13.0 Å². The predicted molar refractivity (Wildman–Crippen MR) is 111 cm³/mol. The van der Waals surface area contributed by atoms with Crippen molar-refractivity contribution in [1.82, 2.24) is 10.2 Å². The topological polar surface area (TPSA) is 64.1 Å². The summed E-state index contributed by atoms with van der Waals surface area (Å²) in [6.45, 7) is 3.85. The Balaban J connectivity index is 1.48. The van der Waals surface area contributed by atoms with Gasteiger partial charge in [-0.1, -0.05) is 64.5 Å². The van der Waals surface area contributed by atoms with Crippen LogP contribution in [0.4, 0.5) is 5.13 Å². The van der Waals surface area contributed by atoms with Crippen LogP contribution >= 0.6 is 34.7 Å². The van der Waals surface area contributed by atoms with Crippen LogP contribution in [0.1, 0.15) is 16.7 Å². The molecule has 5 nitrogen and oxygen atoms in total. The highest BCUT2D eigenvalue weighted by Crippen LogP contribution is 2.28. The number of hydrogen-bond donors (Lipinski definition) is 1. The van der Waals surface area contributed by atoms with Gasteiger partial charge in [0.05, 0.1) is 0 Å². The summed E-state index contributed by atoms with van der Waals surface area (Å²) in [5.41, 5.74) is 3.36. The second kappa shape index (κ2) is 9.21. The number of rotatable bonds is 7. The van der Waals surface area contributed by atoms with Crippen LogP contribution in [0.5, 0.6) is 5.75 Å². The van der Waals surface area contributed by atoms with Gasteiger partial charge in [-0.2, -0.15) is 0 Å². The van der Waals surface area contributed by atoms with Crippen LogP contribution in [0, 0.1) is 13.8 Å². The normalized spacial score (nSPS) is 10.6. The number of thioether (sulfide) groups is 1. The molecule has 0 aliphatic heterocycles. The van der Waals surface area contributed by atoms with E-state index in [0.29, 0.717) is 15.9 Å². The lowest BCUT2D eigenvalue weighted by Crippen LogP contribution is -2.20. The van der Waals surface area contributed by atoms with E-state index in [4.69, 9.17) is 16.3 Å². The Morgan fingerprint density at radius 1 is 1.22 bits per heavy atom. The smallest absolute Gasteiger partial charge is 0.264 e. The van der Waals surface area contributed by atoms with Gasteiger partial charge in [0.25, 0.3) is 5.91 Å². The van der Waals surface area contributed by atoms with Crippen LogP contribution in [0.15, 0.2) is 46.8 Å². The first kappa shape index (κ1) is 19.7. The quantitative estimate of drug-likeness (QED) is 0.425. The Bertz CT molecular complexity index is 946. The van der Waals surface area contributed by atoms with Crippen molar-refractivity contribution in [3.63, 3.8) is 0 Å². The van der Waals surface area contributed by atoms with E-state index in [0.717, 1.165) is 15.7 Å². The first-order valence-corrected chi connectivity index (χ1v) is 10.4. The van der Waals surface area contributed by atoms with E-state index >= 15 is 0 Å². The minimum absolute atomic E-state index is 0.105. The first-order valence-electron chi connectivity index (χ1n) is 8.20. The third-order valence-electron chi connectivity index (χ3n) is 3.60. The molecule has 0 spiro atoms. The number of carbonyl (C=O) groups excluding carboxylic acids is 1. The monoisotopic (exact) mass is 419 g/mol. The number of halogens is 1. The zero-order valence-corrected chi connectivity index (χ0v) is 17.2. The fourth-order valence-corrected chi connectivity index (χ4v) is 4.11. The van der Waals surface area contributed by atoms with Crippen molar-refractivity contribution >= 4 is 45.7 Å². The standard InChI is InChI=1S/C19H18ClN3O2S2/c1-12-4-3-5-14(8-12)11-26-19-23-22-18(27-19)21-17(24)10-25-15-6-7-16(20)13(2)9-15/h3-9H,10-11H2,1-2H3,(H,21,22,24). The van der Waals surface area contributed by atoms with Crippen LogP contribution in [-0.2, 0) is 10.5 Å². The molecule has 0 saturated carbocycles. The Kier molecular flexibility index (Phi) is 6.71. The molecule has 3 aromatic rings. The number of ether oxygens (including phenoxy) is 1. The maximum absolute atomic E-state index is 12.0. The molecule has 0 fully saturated rings. The van der Waals surface area contributed by atoms with Crippen molar-refractivity contribution in [2.24, 2.45) is 0 Å². The lowest BCUT2D eigenvalue weighted by Gasteiger charge is -2.07. The summed E-state index contributed by atoms with van der Waals surface area (Å²) in [5, 5.41) is 11.9. The van der Waals surface area contributed by atoms with E-state index in [-0.39, 0.29) is 12.5 Å². The first-order chi connectivity index (χ1) is 13.0. The maximum Gasteiger partial charge on any atom is 0.264 e. The van der Waals surface area contributed by atoms with Gasteiger partial charge in [0.1, 0.15) is 5.75 Å². The van der Waals surface area contributed by atoms with Gasteiger partial charge in [0, 0.05) is 10.8 Å². The van der Waals surface area contributed by atoms with Crippen molar-refractivity contribution in [2.75, 3.05) is 11.9 Å². The van der Waals surface area contributed by atoms with Crippen LogP contribution < -0.4 is 10.1 Å². The SMILES string of the molecule is Cc1cccc(CSc2nnc(NC(=O)COc3ccc(Cl)c(C)c3)s2)c1. The lowest BCUT2D eigenvalue weighted by atomic mass is 10.2. The summed E-state index contributed by atoms with van der Waals surface area (Å²) in [7, 11) is 0. The number of aromatic nitrogens is 2. The Hall–Kier alpha value is -2.09. The van der Waals surface area contributed by atoms with Crippen molar-refractivity contribution in [3.8, 4) is 5.75 Å². The van der Waals surface area contributed by atoms with Crippen LogP contribution in [-0.4, -0.2) is 22.7 Å². The van der Waals surface area contributed by atoms with Gasteiger partial charge in [-0.25, -0.2) is 0 Å². The second-order valence-corrected chi connectivity index (χ2v) is 8.51. The Morgan fingerprint density at radius 3 is 2.85 bits per heavy atom.